The van der Waals surface area contributed by atoms with E-state index in [9.17, 15) is 0 Å². The van der Waals surface area contributed by atoms with E-state index in [0.717, 1.165) is 10.2 Å². The minimum absolute atomic E-state index is 1.05. The van der Waals surface area contributed by atoms with Crippen molar-refractivity contribution in [2.24, 2.45) is 5.73 Å². The summed E-state index contributed by atoms with van der Waals surface area (Å²) in [6, 6.07) is 10.2. The number of aromatic nitrogens is 1. The van der Waals surface area contributed by atoms with Crippen LogP contribution in [0, 0.1) is 0 Å². The van der Waals surface area contributed by atoms with E-state index >= 15 is 0 Å². The molecule has 2 nitrogen and oxygen atoms in total. The highest BCUT2D eigenvalue weighted by molar-refractivity contribution is 9.10. The largest absolute Gasteiger partial charge is 0.333 e. The Morgan fingerprint density at radius 3 is 2.06 bits per heavy atom. The predicted octanol–water partition coefficient (Wildman–Crippen LogP) is 4.17. The Morgan fingerprint density at radius 1 is 1.06 bits per heavy atom. The van der Waals surface area contributed by atoms with Crippen LogP contribution in [0.1, 0.15) is 13.8 Å². The van der Waals surface area contributed by atoms with E-state index in [1.54, 1.807) is 0 Å². The first-order chi connectivity index (χ1) is 7.86. The van der Waals surface area contributed by atoms with Crippen LogP contribution in [-0.4, -0.2) is 11.4 Å². The second kappa shape index (κ2) is 9.51. The molecule has 0 amide bonds. The molecule has 16 heavy (non-hydrogen) atoms. The molecule has 0 spiro atoms. The summed E-state index contributed by atoms with van der Waals surface area (Å²) < 4.78 is 5.34. The third kappa shape index (κ3) is 4.88. The minimum Gasteiger partial charge on any atom is -0.333 e. The maximum absolute atomic E-state index is 4.50. The van der Waals surface area contributed by atoms with Crippen LogP contribution in [0.15, 0.2) is 40.2 Å². The van der Waals surface area contributed by atoms with Crippen molar-refractivity contribution >= 4 is 27.5 Å². The topological polar surface area (TPSA) is 38.9 Å². The molecule has 0 saturated carbocycles. The van der Waals surface area contributed by atoms with Crippen LogP contribution >= 0.6 is 27.5 Å². The summed E-state index contributed by atoms with van der Waals surface area (Å²) in [6.45, 7) is 4.00. The normalized spacial score (nSPS) is 8.31. The van der Waals surface area contributed by atoms with Crippen molar-refractivity contribution < 1.29 is 0 Å². The molecule has 0 bridgehead atoms. The molecule has 2 N–H and O–H groups in total. The third-order valence-corrected chi connectivity index (χ3v) is 2.67. The van der Waals surface area contributed by atoms with Crippen molar-refractivity contribution in [2.75, 3.05) is 7.05 Å². The fourth-order valence-electron chi connectivity index (χ4n) is 0.982. The van der Waals surface area contributed by atoms with Gasteiger partial charge in [0.15, 0.2) is 0 Å². The molecule has 0 aliphatic heterocycles. The number of hydrogen-bond acceptors (Lipinski definition) is 3. The maximum atomic E-state index is 4.50. The fraction of sp³-hybridized carbons (Fsp3) is 0.250. The zero-order valence-corrected chi connectivity index (χ0v) is 12.2. The SMILES string of the molecule is Brc1ccc(-c2ccsn2)cc1.CC.CN. The van der Waals surface area contributed by atoms with Gasteiger partial charge in [0.05, 0.1) is 5.69 Å². The predicted molar refractivity (Wildman–Crippen MR) is 76.7 cm³/mol. The van der Waals surface area contributed by atoms with Crippen LogP contribution in [-0.2, 0) is 0 Å². The average molecular weight is 301 g/mol. The quantitative estimate of drug-likeness (QED) is 0.858. The van der Waals surface area contributed by atoms with Crippen LogP contribution in [0.4, 0.5) is 0 Å². The van der Waals surface area contributed by atoms with E-state index < -0.39 is 0 Å². The number of rotatable bonds is 1. The Kier molecular flexibility index (Phi) is 9.09. The molecule has 2 rings (SSSR count). The molecule has 0 unspecified atom stereocenters. The van der Waals surface area contributed by atoms with E-state index in [0.29, 0.717) is 0 Å². The first-order valence-corrected chi connectivity index (χ1v) is 6.73. The maximum Gasteiger partial charge on any atom is 0.0840 e. The van der Waals surface area contributed by atoms with Gasteiger partial charge in [0.2, 0.25) is 0 Å². The second-order valence-electron chi connectivity index (χ2n) is 2.39. The molecule has 88 valence electrons. The second-order valence-corrected chi connectivity index (χ2v) is 3.97. The Bertz CT molecular complexity index is 357. The van der Waals surface area contributed by atoms with Gasteiger partial charge in [0, 0.05) is 15.4 Å². The molecule has 2 aromatic rings. The van der Waals surface area contributed by atoms with Crippen molar-refractivity contribution in [3.8, 4) is 11.3 Å². The molecular weight excluding hydrogens is 284 g/mol. The molecule has 0 aliphatic rings. The highest BCUT2D eigenvalue weighted by Gasteiger charge is 1.97. The lowest BCUT2D eigenvalue weighted by atomic mass is 10.2. The Balaban J connectivity index is 0.000000509. The zero-order chi connectivity index (χ0) is 12.4. The lowest BCUT2D eigenvalue weighted by molar-refractivity contribution is 1.48. The summed E-state index contributed by atoms with van der Waals surface area (Å²) >= 11 is 4.87. The number of hydrogen-bond donors (Lipinski definition) is 1. The van der Waals surface area contributed by atoms with Gasteiger partial charge in [-0.1, -0.05) is 41.9 Å². The number of halogens is 1. The number of nitrogens with zero attached hydrogens (tertiary/aromatic N) is 1. The van der Waals surface area contributed by atoms with Crippen molar-refractivity contribution in [3.63, 3.8) is 0 Å². The van der Waals surface area contributed by atoms with E-state index in [2.05, 4.69) is 38.2 Å². The Labute approximate surface area is 110 Å². The van der Waals surface area contributed by atoms with Gasteiger partial charge in [-0.25, -0.2) is 0 Å². The monoisotopic (exact) mass is 300 g/mol. The molecule has 0 saturated heterocycles. The minimum atomic E-state index is 1.05. The molecule has 1 aromatic heterocycles. The summed E-state index contributed by atoms with van der Waals surface area (Å²) in [5.74, 6) is 0. The Hall–Kier alpha value is -0.710. The fourth-order valence-corrected chi connectivity index (χ4v) is 1.78. The van der Waals surface area contributed by atoms with Gasteiger partial charge >= 0.3 is 0 Å². The van der Waals surface area contributed by atoms with Crippen LogP contribution in [0.5, 0.6) is 0 Å². The summed E-state index contributed by atoms with van der Waals surface area (Å²) in [6.07, 6.45) is 0. The molecule has 1 heterocycles. The molecule has 0 radical (unpaired) electrons. The number of nitrogens with two attached hydrogens (primary N) is 1. The van der Waals surface area contributed by atoms with Crippen molar-refractivity contribution in [2.45, 2.75) is 13.8 Å². The van der Waals surface area contributed by atoms with E-state index in [1.165, 1.54) is 24.1 Å². The first kappa shape index (κ1) is 15.3. The highest BCUT2D eigenvalue weighted by atomic mass is 79.9. The van der Waals surface area contributed by atoms with Crippen LogP contribution in [0.2, 0.25) is 0 Å². The van der Waals surface area contributed by atoms with E-state index in [-0.39, 0.29) is 0 Å². The first-order valence-electron chi connectivity index (χ1n) is 5.10. The van der Waals surface area contributed by atoms with Crippen molar-refractivity contribution in [1.82, 2.24) is 4.37 Å². The van der Waals surface area contributed by atoms with E-state index in [1.807, 2.05) is 37.4 Å². The van der Waals surface area contributed by atoms with Gasteiger partial charge in [-0.15, -0.1) is 0 Å². The molecule has 0 aliphatic carbocycles. The van der Waals surface area contributed by atoms with Crippen molar-refractivity contribution in [1.29, 1.82) is 0 Å². The molecule has 1 aromatic carbocycles. The van der Waals surface area contributed by atoms with Crippen LogP contribution in [0.3, 0.4) is 0 Å². The summed E-state index contributed by atoms with van der Waals surface area (Å²) in [5, 5.41) is 1.98. The van der Waals surface area contributed by atoms with Gasteiger partial charge in [-0.2, -0.15) is 4.37 Å². The summed E-state index contributed by atoms with van der Waals surface area (Å²) in [5.41, 5.74) is 6.71. The van der Waals surface area contributed by atoms with Crippen LogP contribution in [0.25, 0.3) is 11.3 Å². The highest BCUT2D eigenvalue weighted by Crippen LogP contribution is 2.20. The van der Waals surface area contributed by atoms with Gasteiger partial charge < -0.3 is 5.73 Å². The van der Waals surface area contributed by atoms with Crippen LogP contribution < -0.4 is 5.73 Å². The van der Waals surface area contributed by atoms with Gasteiger partial charge in [0.1, 0.15) is 0 Å². The van der Waals surface area contributed by atoms with Gasteiger partial charge in [0.25, 0.3) is 0 Å². The average Bonchev–Trinajstić information content (AvgIpc) is 2.89. The molecule has 4 heteroatoms. The molecular formula is C12H17BrN2S. The lowest BCUT2D eigenvalue weighted by Crippen LogP contribution is -1.74. The van der Waals surface area contributed by atoms with Crippen molar-refractivity contribution in [3.05, 3.63) is 40.2 Å². The van der Waals surface area contributed by atoms with Gasteiger partial charge in [-0.3, -0.25) is 0 Å². The molecule has 0 atom stereocenters. The van der Waals surface area contributed by atoms with Gasteiger partial charge in [-0.05, 0) is 36.8 Å². The standard InChI is InChI=1S/C9H6BrNS.C2H6.CH5N/c10-8-3-1-7(2-4-8)9-5-6-12-11-9;2*1-2/h1-6H;1-2H3;2H2,1H3. The smallest absolute Gasteiger partial charge is 0.0840 e. The third-order valence-electron chi connectivity index (χ3n) is 1.58. The number of benzene rings is 1. The lowest BCUT2D eigenvalue weighted by Gasteiger charge is -1.94. The Morgan fingerprint density at radius 2 is 1.62 bits per heavy atom. The molecule has 0 fully saturated rings. The summed E-state index contributed by atoms with van der Waals surface area (Å²) in [7, 11) is 1.50. The zero-order valence-electron chi connectivity index (χ0n) is 9.77. The van der Waals surface area contributed by atoms with E-state index in [4.69, 9.17) is 0 Å². The summed E-state index contributed by atoms with van der Waals surface area (Å²) in [4.78, 5) is 0.